The Bertz CT molecular complexity index is 535. The SMILES string of the molecule is CCNCc1nc(C)cc(-c2ccccc2C)n1. The van der Waals surface area contributed by atoms with E-state index in [1.807, 2.05) is 25.1 Å². The van der Waals surface area contributed by atoms with Crippen LogP contribution in [-0.2, 0) is 6.54 Å². The molecule has 1 aromatic carbocycles. The monoisotopic (exact) mass is 241 g/mol. The smallest absolute Gasteiger partial charge is 0.143 e. The van der Waals surface area contributed by atoms with Crippen molar-refractivity contribution in [3.63, 3.8) is 0 Å². The minimum absolute atomic E-state index is 0.719. The first-order chi connectivity index (χ1) is 8.70. The summed E-state index contributed by atoms with van der Waals surface area (Å²) in [6.45, 7) is 7.85. The van der Waals surface area contributed by atoms with Crippen LogP contribution < -0.4 is 5.32 Å². The van der Waals surface area contributed by atoms with Gasteiger partial charge in [-0.05, 0) is 32.0 Å². The molecule has 18 heavy (non-hydrogen) atoms. The fraction of sp³-hybridized carbons (Fsp3) is 0.333. The fourth-order valence-corrected chi connectivity index (χ4v) is 1.94. The summed E-state index contributed by atoms with van der Waals surface area (Å²) in [5.74, 6) is 0.857. The van der Waals surface area contributed by atoms with Gasteiger partial charge in [0.25, 0.3) is 0 Å². The molecule has 0 aliphatic heterocycles. The molecular formula is C15H19N3. The zero-order valence-electron chi connectivity index (χ0n) is 11.2. The lowest BCUT2D eigenvalue weighted by atomic mass is 10.1. The quantitative estimate of drug-likeness (QED) is 0.894. The third kappa shape index (κ3) is 2.93. The molecule has 0 bridgehead atoms. The number of aryl methyl sites for hydroxylation is 2. The molecule has 0 radical (unpaired) electrons. The van der Waals surface area contributed by atoms with E-state index in [2.05, 4.69) is 41.3 Å². The summed E-state index contributed by atoms with van der Waals surface area (Å²) in [7, 11) is 0. The van der Waals surface area contributed by atoms with Crippen LogP contribution in [0.1, 0.15) is 24.0 Å². The Morgan fingerprint density at radius 3 is 2.61 bits per heavy atom. The molecule has 1 N–H and O–H groups in total. The molecule has 0 aliphatic rings. The van der Waals surface area contributed by atoms with Crippen molar-refractivity contribution in [2.24, 2.45) is 0 Å². The topological polar surface area (TPSA) is 37.8 Å². The summed E-state index contributed by atoms with van der Waals surface area (Å²) in [6.07, 6.45) is 0. The predicted octanol–water partition coefficient (Wildman–Crippen LogP) is 2.87. The Hall–Kier alpha value is -1.74. The van der Waals surface area contributed by atoms with Crippen molar-refractivity contribution in [1.29, 1.82) is 0 Å². The number of benzene rings is 1. The van der Waals surface area contributed by atoms with E-state index in [1.54, 1.807) is 0 Å². The molecule has 2 aromatic rings. The lowest BCUT2D eigenvalue weighted by molar-refractivity contribution is 0.688. The summed E-state index contributed by atoms with van der Waals surface area (Å²) in [5, 5.41) is 3.26. The molecule has 0 amide bonds. The minimum Gasteiger partial charge on any atom is -0.310 e. The van der Waals surface area contributed by atoms with E-state index < -0.39 is 0 Å². The molecule has 3 nitrogen and oxygen atoms in total. The van der Waals surface area contributed by atoms with Gasteiger partial charge < -0.3 is 5.32 Å². The van der Waals surface area contributed by atoms with E-state index in [0.717, 1.165) is 30.3 Å². The van der Waals surface area contributed by atoms with Crippen LogP contribution in [0.3, 0.4) is 0 Å². The molecule has 94 valence electrons. The van der Waals surface area contributed by atoms with Gasteiger partial charge in [-0.1, -0.05) is 31.2 Å². The van der Waals surface area contributed by atoms with Crippen molar-refractivity contribution in [2.75, 3.05) is 6.54 Å². The molecule has 3 heteroatoms. The molecule has 0 saturated carbocycles. The van der Waals surface area contributed by atoms with E-state index in [-0.39, 0.29) is 0 Å². The maximum atomic E-state index is 4.63. The first-order valence-electron chi connectivity index (χ1n) is 6.32. The largest absolute Gasteiger partial charge is 0.310 e. The molecular weight excluding hydrogens is 222 g/mol. The van der Waals surface area contributed by atoms with Crippen LogP contribution in [0.25, 0.3) is 11.3 Å². The fourth-order valence-electron chi connectivity index (χ4n) is 1.94. The lowest BCUT2D eigenvalue weighted by Gasteiger charge is -2.08. The van der Waals surface area contributed by atoms with E-state index in [9.17, 15) is 0 Å². The second kappa shape index (κ2) is 5.74. The van der Waals surface area contributed by atoms with Gasteiger partial charge in [0.15, 0.2) is 0 Å². The van der Waals surface area contributed by atoms with E-state index >= 15 is 0 Å². The van der Waals surface area contributed by atoms with Gasteiger partial charge in [0.1, 0.15) is 5.82 Å². The van der Waals surface area contributed by atoms with Crippen LogP contribution >= 0.6 is 0 Å². The third-order valence-electron chi connectivity index (χ3n) is 2.85. The molecule has 0 atom stereocenters. The van der Waals surface area contributed by atoms with Crippen LogP contribution in [-0.4, -0.2) is 16.5 Å². The zero-order valence-corrected chi connectivity index (χ0v) is 11.2. The second-order valence-electron chi connectivity index (χ2n) is 4.41. The van der Waals surface area contributed by atoms with Crippen LogP contribution in [0.2, 0.25) is 0 Å². The maximum Gasteiger partial charge on any atom is 0.143 e. The Kier molecular flexibility index (Phi) is 4.05. The highest BCUT2D eigenvalue weighted by atomic mass is 15.0. The first-order valence-corrected chi connectivity index (χ1v) is 6.32. The first kappa shape index (κ1) is 12.7. The van der Waals surface area contributed by atoms with Gasteiger partial charge in [0, 0.05) is 11.3 Å². The standard InChI is InChI=1S/C15H19N3/c1-4-16-10-15-17-12(3)9-14(18-15)13-8-6-5-7-11(13)2/h5-9,16H,4,10H2,1-3H3. The Labute approximate surface area is 108 Å². The summed E-state index contributed by atoms with van der Waals surface area (Å²) < 4.78 is 0. The van der Waals surface area contributed by atoms with Crippen molar-refractivity contribution in [3.8, 4) is 11.3 Å². The van der Waals surface area contributed by atoms with Crippen LogP contribution in [0, 0.1) is 13.8 Å². The third-order valence-corrected chi connectivity index (χ3v) is 2.85. The van der Waals surface area contributed by atoms with Gasteiger partial charge in [-0.15, -0.1) is 0 Å². The van der Waals surface area contributed by atoms with Crippen molar-refractivity contribution < 1.29 is 0 Å². The Morgan fingerprint density at radius 2 is 1.89 bits per heavy atom. The average molecular weight is 241 g/mol. The van der Waals surface area contributed by atoms with E-state index in [0.29, 0.717) is 0 Å². The number of rotatable bonds is 4. The lowest BCUT2D eigenvalue weighted by Crippen LogP contribution is -2.15. The van der Waals surface area contributed by atoms with E-state index in [4.69, 9.17) is 0 Å². The Morgan fingerprint density at radius 1 is 1.11 bits per heavy atom. The molecule has 2 rings (SSSR count). The van der Waals surface area contributed by atoms with Crippen molar-refractivity contribution in [3.05, 3.63) is 47.4 Å². The van der Waals surface area contributed by atoms with Gasteiger partial charge in [-0.3, -0.25) is 0 Å². The molecule has 0 saturated heterocycles. The second-order valence-corrected chi connectivity index (χ2v) is 4.41. The van der Waals surface area contributed by atoms with Gasteiger partial charge >= 0.3 is 0 Å². The highest BCUT2D eigenvalue weighted by molar-refractivity contribution is 5.63. The molecule has 1 heterocycles. The number of hydrogen-bond acceptors (Lipinski definition) is 3. The summed E-state index contributed by atoms with van der Waals surface area (Å²) in [5.41, 5.74) is 4.44. The van der Waals surface area contributed by atoms with Gasteiger partial charge in [0.2, 0.25) is 0 Å². The molecule has 0 fully saturated rings. The number of nitrogens with one attached hydrogen (secondary N) is 1. The summed E-state index contributed by atoms with van der Waals surface area (Å²) in [4.78, 5) is 9.08. The molecule has 0 spiro atoms. The normalized spacial score (nSPS) is 10.6. The maximum absolute atomic E-state index is 4.63. The molecule has 0 unspecified atom stereocenters. The summed E-state index contributed by atoms with van der Waals surface area (Å²) in [6, 6.07) is 10.3. The van der Waals surface area contributed by atoms with Gasteiger partial charge in [-0.2, -0.15) is 0 Å². The Balaban J connectivity index is 2.39. The number of hydrogen-bond donors (Lipinski definition) is 1. The van der Waals surface area contributed by atoms with Crippen molar-refractivity contribution in [2.45, 2.75) is 27.3 Å². The van der Waals surface area contributed by atoms with E-state index in [1.165, 1.54) is 11.1 Å². The van der Waals surface area contributed by atoms with Crippen LogP contribution in [0.5, 0.6) is 0 Å². The van der Waals surface area contributed by atoms with Gasteiger partial charge in [0.05, 0.1) is 12.2 Å². The average Bonchev–Trinajstić information content (AvgIpc) is 2.36. The zero-order chi connectivity index (χ0) is 13.0. The highest BCUT2D eigenvalue weighted by Gasteiger charge is 2.06. The predicted molar refractivity (Wildman–Crippen MR) is 74.3 cm³/mol. The number of nitrogens with zero attached hydrogens (tertiary/aromatic N) is 2. The summed E-state index contributed by atoms with van der Waals surface area (Å²) >= 11 is 0. The molecule has 1 aromatic heterocycles. The van der Waals surface area contributed by atoms with Gasteiger partial charge in [-0.25, -0.2) is 9.97 Å². The highest BCUT2D eigenvalue weighted by Crippen LogP contribution is 2.21. The van der Waals surface area contributed by atoms with Crippen molar-refractivity contribution in [1.82, 2.24) is 15.3 Å². The minimum atomic E-state index is 0.719. The van der Waals surface area contributed by atoms with Crippen molar-refractivity contribution >= 4 is 0 Å². The van der Waals surface area contributed by atoms with Crippen LogP contribution in [0.15, 0.2) is 30.3 Å². The number of aromatic nitrogens is 2. The van der Waals surface area contributed by atoms with Crippen LogP contribution in [0.4, 0.5) is 0 Å². The molecule has 0 aliphatic carbocycles.